The van der Waals surface area contributed by atoms with E-state index in [4.69, 9.17) is 9.63 Å². The summed E-state index contributed by atoms with van der Waals surface area (Å²) in [6.07, 6.45) is 0.818. The van der Waals surface area contributed by atoms with Crippen LogP contribution in [0.1, 0.15) is 24.6 Å². The van der Waals surface area contributed by atoms with Crippen molar-refractivity contribution in [1.82, 2.24) is 15.0 Å². The van der Waals surface area contributed by atoms with Crippen molar-refractivity contribution in [3.05, 3.63) is 11.7 Å². The molecule has 0 aliphatic rings. The molecule has 0 aliphatic heterocycles. The topological polar surface area (TPSA) is 79.5 Å². The van der Waals surface area contributed by atoms with Gasteiger partial charge in [0.15, 0.2) is 5.82 Å². The zero-order valence-electron chi connectivity index (χ0n) is 8.93. The lowest BCUT2D eigenvalue weighted by molar-refractivity contribution is -0.137. The van der Waals surface area contributed by atoms with Crippen molar-refractivity contribution in [1.29, 1.82) is 0 Å². The molecule has 1 aromatic heterocycles. The van der Waals surface area contributed by atoms with Crippen molar-refractivity contribution in [3.63, 3.8) is 0 Å². The Balaban J connectivity index is 2.24. The normalized spacial score (nSPS) is 10.9. The molecule has 1 N–H and O–H groups in total. The van der Waals surface area contributed by atoms with Crippen LogP contribution in [-0.2, 0) is 11.3 Å². The third kappa shape index (κ3) is 4.55. The van der Waals surface area contributed by atoms with Gasteiger partial charge in [0.25, 0.3) is 0 Å². The highest BCUT2D eigenvalue weighted by Crippen LogP contribution is 2.00. The van der Waals surface area contributed by atoms with Crippen LogP contribution in [0.4, 0.5) is 0 Å². The number of aliphatic carboxylic acids is 1. The predicted molar refractivity (Wildman–Crippen MR) is 52.2 cm³/mol. The molecule has 6 nitrogen and oxygen atoms in total. The van der Waals surface area contributed by atoms with E-state index < -0.39 is 5.97 Å². The van der Waals surface area contributed by atoms with Gasteiger partial charge in [0.2, 0.25) is 5.89 Å². The third-order valence-electron chi connectivity index (χ3n) is 1.91. The van der Waals surface area contributed by atoms with Gasteiger partial charge in [0.05, 0.1) is 6.54 Å². The van der Waals surface area contributed by atoms with Crippen molar-refractivity contribution in [2.24, 2.45) is 0 Å². The van der Waals surface area contributed by atoms with Gasteiger partial charge in [-0.3, -0.25) is 9.69 Å². The first-order chi connectivity index (χ1) is 7.08. The summed E-state index contributed by atoms with van der Waals surface area (Å²) in [5, 5.41) is 12.2. The van der Waals surface area contributed by atoms with Crippen LogP contribution in [0.2, 0.25) is 0 Å². The summed E-state index contributed by atoms with van der Waals surface area (Å²) in [5.74, 6) is 0.410. The number of carboxylic acid groups (broad SMARTS) is 1. The molecule has 0 fully saturated rings. The van der Waals surface area contributed by atoms with Gasteiger partial charge in [-0.25, -0.2) is 0 Å². The monoisotopic (exact) mass is 213 g/mol. The van der Waals surface area contributed by atoms with E-state index in [0.717, 1.165) is 0 Å². The number of carboxylic acids is 1. The number of hydrogen-bond acceptors (Lipinski definition) is 5. The van der Waals surface area contributed by atoms with E-state index in [2.05, 4.69) is 10.1 Å². The minimum absolute atomic E-state index is 0.190. The lowest BCUT2D eigenvalue weighted by atomic mass is 10.3. The van der Waals surface area contributed by atoms with Crippen LogP contribution in [0.25, 0.3) is 0 Å². The van der Waals surface area contributed by atoms with Crippen molar-refractivity contribution >= 4 is 5.97 Å². The van der Waals surface area contributed by atoms with Crippen LogP contribution in [-0.4, -0.2) is 39.7 Å². The van der Waals surface area contributed by atoms with Gasteiger partial charge in [0, 0.05) is 13.3 Å². The van der Waals surface area contributed by atoms with Gasteiger partial charge in [-0.2, -0.15) is 4.98 Å². The van der Waals surface area contributed by atoms with Crippen molar-refractivity contribution in [2.75, 3.05) is 13.6 Å². The molecule has 0 amide bonds. The van der Waals surface area contributed by atoms with Crippen LogP contribution in [0.5, 0.6) is 0 Å². The molecule has 1 aromatic rings. The minimum Gasteiger partial charge on any atom is -0.481 e. The fourth-order valence-electron chi connectivity index (χ4n) is 1.23. The predicted octanol–water partition coefficient (Wildman–Crippen LogP) is 0.675. The summed E-state index contributed by atoms with van der Waals surface area (Å²) in [4.78, 5) is 16.3. The molecule has 84 valence electrons. The highest BCUT2D eigenvalue weighted by Gasteiger charge is 2.06. The maximum atomic E-state index is 10.3. The van der Waals surface area contributed by atoms with Gasteiger partial charge in [-0.15, -0.1) is 0 Å². The number of nitrogens with zero attached hydrogens (tertiary/aromatic N) is 3. The summed E-state index contributed by atoms with van der Waals surface area (Å²) >= 11 is 0. The molecule has 15 heavy (non-hydrogen) atoms. The molecular formula is C9H15N3O3. The van der Waals surface area contributed by atoms with E-state index in [-0.39, 0.29) is 6.42 Å². The number of rotatable bonds is 6. The molecule has 0 unspecified atom stereocenters. The molecule has 0 saturated carbocycles. The lowest BCUT2D eigenvalue weighted by Crippen LogP contribution is -2.20. The number of hydrogen-bond donors (Lipinski definition) is 1. The quantitative estimate of drug-likeness (QED) is 0.748. The largest absolute Gasteiger partial charge is 0.481 e. The van der Waals surface area contributed by atoms with E-state index in [0.29, 0.717) is 31.2 Å². The molecule has 0 spiro atoms. The number of aromatic nitrogens is 2. The van der Waals surface area contributed by atoms with Crippen LogP contribution in [0, 0.1) is 6.92 Å². The zero-order chi connectivity index (χ0) is 11.3. The Morgan fingerprint density at radius 2 is 2.33 bits per heavy atom. The molecule has 0 radical (unpaired) electrons. The fraction of sp³-hybridized carbons (Fsp3) is 0.667. The third-order valence-corrected chi connectivity index (χ3v) is 1.91. The Labute approximate surface area is 87.9 Å². The van der Waals surface area contributed by atoms with Crippen molar-refractivity contribution < 1.29 is 14.4 Å². The Morgan fingerprint density at radius 1 is 1.60 bits per heavy atom. The van der Waals surface area contributed by atoms with Crippen molar-refractivity contribution in [3.8, 4) is 0 Å². The lowest BCUT2D eigenvalue weighted by Gasteiger charge is -2.12. The van der Waals surface area contributed by atoms with E-state index >= 15 is 0 Å². The minimum atomic E-state index is -0.765. The summed E-state index contributed by atoms with van der Waals surface area (Å²) in [6, 6.07) is 0. The molecule has 1 rings (SSSR count). The van der Waals surface area contributed by atoms with Crippen LogP contribution in [0.15, 0.2) is 4.52 Å². The second-order valence-electron chi connectivity index (χ2n) is 3.46. The van der Waals surface area contributed by atoms with Crippen LogP contribution >= 0.6 is 0 Å². The Morgan fingerprint density at radius 3 is 2.87 bits per heavy atom. The highest BCUT2D eigenvalue weighted by molar-refractivity contribution is 5.66. The van der Waals surface area contributed by atoms with Gasteiger partial charge in [-0.05, 0) is 20.0 Å². The maximum Gasteiger partial charge on any atom is 0.303 e. The second-order valence-corrected chi connectivity index (χ2v) is 3.46. The first-order valence-corrected chi connectivity index (χ1v) is 4.77. The first kappa shape index (κ1) is 11.6. The molecule has 0 aliphatic carbocycles. The molecule has 0 bridgehead atoms. The average Bonchev–Trinajstić information content (AvgIpc) is 2.50. The molecule has 0 atom stereocenters. The molecule has 6 heteroatoms. The van der Waals surface area contributed by atoms with Gasteiger partial charge in [0.1, 0.15) is 0 Å². The number of aryl methyl sites for hydroxylation is 1. The Hall–Kier alpha value is -1.43. The summed E-state index contributed by atoms with van der Waals surface area (Å²) in [7, 11) is 1.90. The molecular weight excluding hydrogens is 198 g/mol. The zero-order valence-corrected chi connectivity index (χ0v) is 8.93. The van der Waals surface area contributed by atoms with E-state index in [9.17, 15) is 4.79 Å². The van der Waals surface area contributed by atoms with Gasteiger partial charge >= 0.3 is 5.97 Å². The first-order valence-electron chi connectivity index (χ1n) is 4.77. The second kappa shape index (κ2) is 5.45. The molecule has 0 aromatic carbocycles. The maximum absolute atomic E-state index is 10.3. The number of carbonyl (C=O) groups is 1. The fourth-order valence-corrected chi connectivity index (χ4v) is 1.23. The smallest absolute Gasteiger partial charge is 0.303 e. The van der Waals surface area contributed by atoms with Crippen LogP contribution in [0.3, 0.4) is 0 Å². The van der Waals surface area contributed by atoms with Crippen molar-refractivity contribution in [2.45, 2.75) is 26.3 Å². The molecule has 1 heterocycles. The van der Waals surface area contributed by atoms with E-state index in [1.165, 1.54) is 0 Å². The van der Waals surface area contributed by atoms with Gasteiger partial charge in [-0.1, -0.05) is 5.16 Å². The Bertz CT molecular complexity index is 324. The summed E-state index contributed by atoms with van der Waals surface area (Å²) in [6.45, 7) is 3.03. The Kier molecular flexibility index (Phi) is 4.23. The summed E-state index contributed by atoms with van der Waals surface area (Å²) < 4.78 is 4.83. The highest BCUT2D eigenvalue weighted by atomic mass is 16.5. The van der Waals surface area contributed by atoms with Gasteiger partial charge < -0.3 is 9.63 Å². The SMILES string of the molecule is Cc1nc(CN(C)CCCC(=O)O)no1. The average molecular weight is 213 g/mol. The standard InChI is InChI=1S/C9H15N3O3/c1-7-10-8(11-15-7)6-12(2)5-3-4-9(13)14/h3-6H2,1-2H3,(H,13,14). The van der Waals surface area contributed by atoms with Crippen LogP contribution < -0.4 is 0 Å². The summed E-state index contributed by atoms with van der Waals surface area (Å²) in [5.41, 5.74) is 0. The van der Waals surface area contributed by atoms with E-state index in [1.807, 2.05) is 11.9 Å². The van der Waals surface area contributed by atoms with E-state index in [1.54, 1.807) is 6.92 Å². The molecule has 0 saturated heterocycles.